The van der Waals surface area contributed by atoms with Crippen LogP contribution in [-0.4, -0.2) is 79.6 Å². The van der Waals surface area contributed by atoms with Crippen LogP contribution in [0.2, 0.25) is 0 Å². The lowest BCUT2D eigenvalue weighted by Crippen LogP contribution is -2.56. The van der Waals surface area contributed by atoms with Crippen LogP contribution in [0.5, 0.6) is 0 Å². The van der Waals surface area contributed by atoms with Gasteiger partial charge in [0.15, 0.2) is 0 Å². The molecule has 0 aliphatic carbocycles. The number of hydrogen-bond donors (Lipinski definition) is 1. The van der Waals surface area contributed by atoms with Crippen LogP contribution >= 0.6 is 0 Å². The first-order chi connectivity index (χ1) is 14.7. The number of urea groups is 1. The first-order valence-corrected chi connectivity index (χ1v) is 11.3. The number of amides is 2. The van der Waals surface area contributed by atoms with Crippen molar-refractivity contribution >= 4 is 6.03 Å². The maximum atomic E-state index is 12.9. The lowest BCUT2D eigenvalue weighted by Gasteiger charge is -2.42. The van der Waals surface area contributed by atoms with Crippen LogP contribution < -0.4 is 5.32 Å². The first-order valence-electron chi connectivity index (χ1n) is 11.3. The number of benzene rings is 2. The van der Waals surface area contributed by atoms with Crippen molar-refractivity contribution in [2.24, 2.45) is 0 Å². The molecule has 0 aromatic heterocycles. The highest BCUT2D eigenvalue weighted by atomic mass is 16.2. The van der Waals surface area contributed by atoms with E-state index in [9.17, 15) is 4.79 Å². The molecule has 0 radical (unpaired) electrons. The highest BCUT2D eigenvalue weighted by Gasteiger charge is 2.28. The Morgan fingerprint density at radius 1 is 0.867 bits per heavy atom. The van der Waals surface area contributed by atoms with E-state index < -0.39 is 0 Å². The molecule has 0 atom stereocenters. The fourth-order valence-electron chi connectivity index (χ4n) is 4.75. The Kier molecular flexibility index (Phi) is 7.03. The van der Waals surface area contributed by atoms with Crippen molar-refractivity contribution in [3.05, 3.63) is 71.8 Å². The number of hydrogen-bond acceptors (Lipinski definition) is 3. The van der Waals surface area contributed by atoms with Gasteiger partial charge < -0.3 is 15.1 Å². The molecular formula is C25H34N4O. The van der Waals surface area contributed by atoms with Crippen LogP contribution in [0, 0.1) is 0 Å². The Labute approximate surface area is 180 Å². The minimum absolute atomic E-state index is 0.0647. The van der Waals surface area contributed by atoms with Crippen molar-refractivity contribution in [1.29, 1.82) is 0 Å². The van der Waals surface area contributed by atoms with Gasteiger partial charge in [-0.15, -0.1) is 0 Å². The summed E-state index contributed by atoms with van der Waals surface area (Å²) in [6.07, 6.45) is 2.50. The van der Waals surface area contributed by atoms with E-state index in [2.05, 4.69) is 70.7 Å². The number of nitrogens with one attached hydrogen (secondary N) is 1. The van der Waals surface area contributed by atoms with Crippen LogP contribution in [0.4, 0.5) is 4.79 Å². The van der Waals surface area contributed by atoms with Gasteiger partial charge in [0.05, 0.1) is 0 Å². The summed E-state index contributed by atoms with van der Waals surface area (Å²) in [6.45, 7) is 6.60. The van der Waals surface area contributed by atoms with Gasteiger partial charge in [-0.05, 0) is 44.1 Å². The van der Waals surface area contributed by atoms with Crippen LogP contribution in [-0.2, 0) is 0 Å². The molecule has 30 heavy (non-hydrogen) atoms. The molecule has 1 N–H and O–H groups in total. The van der Waals surface area contributed by atoms with E-state index in [0.717, 1.165) is 26.2 Å². The summed E-state index contributed by atoms with van der Waals surface area (Å²) in [7, 11) is 2.21. The Morgan fingerprint density at radius 3 is 1.93 bits per heavy atom. The zero-order valence-electron chi connectivity index (χ0n) is 18.0. The Balaban J connectivity index is 1.31. The molecule has 2 aromatic carbocycles. The number of likely N-dealkylation sites (tertiary alicyclic amines) is 1. The predicted molar refractivity (Wildman–Crippen MR) is 122 cm³/mol. The topological polar surface area (TPSA) is 38.8 Å². The second kappa shape index (κ2) is 10.1. The van der Waals surface area contributed by atoms with E-state index in [4.69, 9.17) is 0 Å². The Morgan fingerprint density at radius 2 is 1.40 bits per heavy atom. The van der Waals surface area contributed by atoms with E-state index in [-0.39, 0.29) is 11.9 Å². The third-order valence-corrected chi connectivity index (χ3v) is 6.67. The third-order valence-electron chi connectivity index (χ3n) is 6.67. The Hall–Kier alpha value is -2.37. The molecule has 0 bridgehead atoms. The van der Waals surface area contributed by atoms with Crippen LogP contribution in [0.1, 0.15) is 29.9 Å². The lowest BCUT2D eigenvalue weighted by atomic mass is 9.91. The molecule has 2 aromatic rings. The Bertz CT molecular complexity index is 742. The second-order valence-electron chi connectivity index (χ2n) is 8.62. The smallest absolute Gasteiger partial charge is 0.317 e. The summed E-state index contributed by atoms with van der Waals surface area (Å²) in [4.78, 5) is 19.9. The number of carbonyl (C=O) groups is 1. The third kappa shape index (κ3) is 5.21. The molecule has 2 heterocycles. The highest BCUT2D eigenvalue weighted by Crippen LogP contribution is 2.24. The molecule has 5 heteroatoms. The van der Waals surface area contributed by atoms with Crippen LogP contribution in [0.15, 0.2) is 60.7 Å². The minimum atomic E-state index is 0.0647. The maximum Gasteiger partial charge on any atom is 0.317 e. The van der Waals surface area contributed by atoms with Crippen molar-refractivity contribution < 1.29 is 4.79 Å². The number of rotatable bonds is 5. The summed E-state index contributed by atoms with van der Waals surface area (Å²) in [6, 6.07) is 21.7. The molecule has 2 amide bonds. The predicted octanol–water partition coefficient (Wildman–Crippen LogP) is 3.24. The zero-order valence-corrected chi connectivity index (χ0v) is 18.0. The molecule has 0 spiro atoms. The number of nitrogens with zero attached hydrogens (tertiary/aromatic N) is 3. The van der Waals surface area contributed by atoms with Gasteiger partial charge in [-0.1, -0.05) is 60.7 Å². The molecule has 0 unspecified atom stereocenters. The standard InChI is InChI=1S/C25H34N4O/c1-27-14-12-23(13-15-27)28-16-18-29(19-17-28)25(30)26-20-24(21-8-4-2-5-9-21)22-10-6-3-7-11-22/h2-11,23-24H,12-20H2,1H3,(H,26,30). The highest BCUT2D eigenvalue weighted by molar-refractivity contribution is 5.74. The zero-order chi connectivity index (χ0) is 20.8. The van der Waals surface area contributed by atoms with Crippen LogP contribution in [0.3, 0.4) is 0 Å². The van der Waals surface area contributed by atoms with E-state index in [1.165, 1.54) is 37.1 Å². The molecule has 160 valence electrons. The SMILES string of the molecule is CN1CCC(N2CCN(C(=O)NCC(c3ccccc3)c3ccccc3)CC2)CC1. The van der Waals surface area contributed by atoms with Gasteiger partial charge >= 0.3 is 6.03 Å². The molecule has 5 nitrogen and oxygen atoms in total. The minimum Gasteiger partial charge on any atom is -0.337 e. The summed E-state index contributed by atoms with van der Waals surface area (Å²) >= 11 is 0. The fraction of sp³-hybridized carbons (Fsp3) is 0.480. The van der Waals surface area contributed by atoms with Gasteiger partial charge in [0.25, 0.3) is 0 Å². The summed E-state index contributed by atoms with van der Waals surface area (Å²) < 4.78 is 0. The monoisotopic (exact) mass is 406 g/mol. The number of piperazine rings is 1. The quantitative estimate of drug-likeness (QED) is 0.829. The van der Waals surface area contributed by atoms with Gasteiger partial charge in [-0.2, -0.15) is 0 Å². The number of piperidine rings is 1. The molecular weight excluding hydrogens is 372 g/mol. The maximum absolute atomic E-state index is 12.9. The van der Waals surface area contributed by atoms with E-state index in [0.29, 0.717) is 12.6 Å². The van der Waals surface area contributed by atoms with Crippen molar-refractivity contribution in [3.63, 3.8) is 0 Å². The molecule has 2 saturated heterocycles. The van der Waals surface area contributed by atoms with E-state index >= 15 is 0 Å². The molecule has 2 aliphatic heterocycles. The van der Waals surface area contributed by atoms with Crippen molar-refractivity contribution in [3.8, 4) is 0 Å². The van der Waals surface area contributed by atoms with Crippen LogP contribution in [0.25, 0.3) is 0 Å². The second-order valence-corrected chi connectivity index (χ2v) is 8.62. The van der Waals surface area contributed by atoms with Gasteiger partial charge in [-0.25, -0.2) is 4.79 Å². The largest absolute Gasteiger partial charge is 0.337 e. The van der Waals surface area contributed by atoms with Gasteiger partial charge in [-0.3, -0.25) is 4.90 Å². The van der Waals surface area contributed by atoms with Gasteiger partial charge in [0, 0.05) is 44.7 Å². The molecule has 0 saturated carbocycles. The molecule has 2 aliphatic rings. The van der Waals surface area contributed by atoms with Gasteiger partial charge in [0.2, 0.25) is 0 Å². The average Bonchev–Trinajstić information content (AvgIpc) is 2.81. The summed E-state index contributed by atoms with van der Waals surface area (Å²) in [5, 5.41) is 3.21. The summed E-state index contributed by atoms with van der Waals surface area (Å²) in [5.74, 6) is 0.164. The first kappa shape index (κ1) is 20.9. The van der Waals surface area contributed by atoms with Gasteiger partial charge in [0.1, 0.15) is 0 Å². The van der Waals surface area contributed by atoms with Crippen molar-refractivity contribution in [2.45, 2.75) is 24.8 Å². The normalized spacial score (nSPS) is 19.2. The molecule has 2 fully saturated rings. The van der Waals surface area contributed by atoms with Crippen molar-refractivity contribution in [2.75, 3.05) is 52.9 Å². The summed E-state index contributed by atoms with van der Waals surface area (Å²) in [5.41, 5.74) is 2.46. The van der Waals surface area contributed by atoms with E-state index in [1.807, 2.05) is 17.0 Å². The molecule has 4 rings (SSSR count). The van der Waals surface area contributed by atoms with Crippen molar-refractivity contribution in [1.82, 2.24) is 20.0 Å². The lowest BCUT2D eigenvalue weighted by molar-refractivity contribution is 0.0749. The average molecular weight is 407 g/mol. The fourth-order valence-corrected chi connectivity index (χ4v) is 4.75. The van der Waals surface area contributed by atoms with E-state index in [1.54, 1.807) is 0 Å². The number of carbonyl (C=O) groups excluding carboxylic acids is 1.